The predicted octanol–water partition coefficient (Wildman–Crippen LogP) is 3.18. The Kier molecular flexibility index (Phi) is 3.42. The molecule has 0 saturated carbocycles. The molecule has 0 radical (unpaired) electrons. The maximum atomic E-state index is 11.9. The number of thiazole rings is 1. The number of ether oxygens (including phenoxy) is 1. The lowest BCUT2D eigenvalue weighted by molar-refractivity contribution is 0.102. The third-order valence-electron chi connectivity index (χ3n) is 2.41. The van der Waals surface area contributed by atoms with Crippen molar-refractivity contribution in [3.63, 3.8) is 0 Å². The van der Waals surface area contributed by atoms with E-state index in [9.17, 15) is 4.79 Å². The molecule has 1 N–H and O–H groups in total. The Labute approximate surface area is 118 Å². The number of carbonyl (C=O) groups excluding carboxylic acids is 1. The molecular formula is C13H9N3O3S. The minimum Gasteiger partial charge on any atom is -0.431 e. The summed E-state index contributed by atoms with van der Waals surface area (Å²) in [6.45, 7) is 0. The number of aromatic nitrogens is 2. The first-order valence-electron chi connectivity index (χ1n) is 5.70. The SMILES string of the molecule is O=C(Nc1ccon1)c1ccc(Oc2nccs2)cc1. The Balaban J connectivity index is 1.68. The summed E-state index contributed by atoms with van der Waals surface area (Å²) >= 11 is 1.40. The lowest BCUT2D eigenvalue weighted by atomic mass is 10.2. The number of hydrogen-bond donors (Lipinski definition) is 1. The smallest absolute Gasteiger partial charge is 0.278 e. The molecular weight excluding hydrogens is 278 g/mol. The molecule has 2 heterocycles. The predicted molar refractivity (Wildman–Crippen MR) is 73.1 cm³/mol. The standard InChI is InChI=1S/C13H9N3O3S/c17-12(15-11-5-7-18-16-11)9-1-3-10(4-2-9)19-13-14-6-8-20-13/h1-8H,(H,15,16,17). The minimum atomic E-state index is -0.264. The summed E-state index contributed by atoms with van der Waals surface area (Å²) in [6, 6.07) is 8.31. The third kappa shape index (κ3) is 2.83. The fraction of sp³-hybridized carbons (Fsp3) is 0. The van der Waals surface area contributed by atoms with E-state index in [2.05, 4.69) is 20.0 Å². The summed E-state index contributed by atoms with van der Waals surface area (Å²) in [6.07, 6.45) is 3.06. The number of benzene rings is 1. The van der Waals surface area contributed by atoms with Crippen molar-refractivity contribution < 1.29 is 14.1 Å². The quantitative estimate of drug-likeness (QED) is 0.797. The highest BCUT2D eigenvalue weighted by Gasteiger charge is 2.08. The zero-order valence-electron chi connectivity index (χ0n) is 10.1. The van der Waals surface area contributed by atoms with Gasteiger partial charge in [-0.3, -0.25) is 4.79 Å². The molecule has 20 heavy (non-hydrogen) atoms. The second-order valence-electron chi connectivity index (χ2n) is 3.76. The van der Waals surface area contributed by atoms with Crippen LogP contribution < -0.4 is 10.1 Å². The van der Waals surface area contributed by atoms with Crippen molar-refractivity contribution in [2.75, 3.05) is 5.32 Å². The first-order valence-corrected chi connectivity index (χ1v) is 6.58. The van der Waals surface area contributed by atoms with Gasteiger partial charge in [0.2, 0.25) is 0 Å². The maximum absolute atomic E-state index is 11.9. The van der Waals surface area contributed by atoms with Crippen molar-refractivity contribution in [3.8, 4) is 10.9 Å². The summed E-state index contributed by atoms with van der Waals surface area (Å²) in [5.41, 5.74) is 0.500. The van der Waals surface area contributed by atoms with Crippen molar-refractivity contribution in [1.29, 1.82) is 0 Å². The lowest BCUT2D eigenvalue weighted by Gasteiger charge is -2.04. The lowest BCUT2D eigenvalue weighted by Crippen LogP contribution is -2.11. The number of nitrogens with one attached hydrogen (secondary N) is 1. The van der Waals surface area contributed by atoms with Crippen molar-refractivity contribution in [2.45, 2.75) is 0 Å². The number of nitrogens with zero attached hydrogens (tertiary/aromatic N) is 2. The molecule has 0 aliphatic rings. The van der Waals surface area contributed by atoms with Crippen LogP contribution in [0.3, 0.4) is 0 Å². The van der Waals surface area contributed by atoms with Gasteiger partial charge >= 0.3 is 0 Å². The highest BCUT2D eigenvalue weighted by molar-refractivity contribution is 7.11. The monoisotopic (exact) mass is 287 g/mol. The minimum absolute atomic E-state index is 0.264. The van der Waals surface area contributed by atoms with Gasteiger partial charge in [0.15, 0.2) is 5.82 Å². The molecule has 6 nitrogen and oxygen atoms in total. The fourth-order valence-electron chi connectivity index (χ4n) is 1.50. The van der Waals surface area contributed by atoms with Crippen LogP contribution in [0.1, 0.15) is 10.4 Å². The van der Waals surface area contributed by atoms with Gasteiger partial charge in [0.05, 0.1) is 0 Å². The number of amides is 1. The highest BCUT2D eigenvalue weighted by Crippen LogP contribution is 2.23. The first-order chi connectivity index (χ1) is 9.81. The topological polar surface area (TPSA) is 77.2 Å². The molecule has 1 amide bonds. The van der Waals surface area contributed by atoms with Gasteiger partial charge < -0.3 is 14.6 Å². The Hall–Kier alpha value is -2.67. The number of rotatable bonds is 4. The molecule has 0 saturated heterocycles. The fourth-order valence-corrected chi connectivity index (χ4v) is 2.01. The van der Waals surface area contributed by atoms with Crippen molar-refractivity contribution >= 4 is 23.1 Å². The Morgan fingerprint density at radius 1 is 1.25 bits per heavy atom. The van der Waals surface area contributed by atoms with Crippen LogP contribution in [0.25, 0.3) is 0 Å². The van der Waals surface area contributed by atoms with Crippen LogP contribution in [0, 0.1) is 0 Å². The van der Waals surface area contributed by atoms with Gasteiger partial charge in [0, 0.05) is 23.2 Å². The number of anilines is 1. The molecule has 3 aromatic rings. The largest absolute Gasteiger partial charge is 0.431 e. The van der Waals surface area contributed by atoms with E-state index in [1.165, 1.54) is 17.6 Å². The maximum Gasteiger partial charge on any atom is 0.278 e. The molecule has 100 valence electrons. The van der Waals surface area contributed by atoms with Crippen LogP contribution in [-0.4, -0.2) is 16.0 Å². The molecule has 0 unspecified atom stereocenters. The molecule has 0 spiro atoms. The van der Waals surface area contributed by atoms with Gasteiger partial charge in [-0.05, 0) is 24.3 Å². The zero-order chi connectivity index (χ0) is 13.8. The zero-order valence-corrected chi connectivity index (χ0v) is 11.0. The van der Waals surface area contributed by atoms with Gasteiger partial charge in [0.1, 0.15) is 12.0 Å². The van der Waals surface area contributed by atoms with Crippen LogP contribution in [0.2, 0.25) is 0 Å². The Bertz CT molecular complexity index is 678. The van der Waals surface area contributed by atoms with Crippen molar-refractivity contribution in [2.24, 2.45) is 0 Å². The molecule has 0 atom stereocenters. The normalized spacial score (nSPS) is 10.2. The Morgan fingerprint density at radius 3 is 2.75 bits per heavy atom. The van der Waals surface area contributed by atoms with Gasteiger partial charge in [-0.2, -0.15) is 0 Å². The third-order valence-corrected chi connectivity index (χ3v) is 3.06. The summed E-state index contributed by atoms with van der Waals surface area (Å²) in [7, 11) is 0. The van der Waals surface area contributed by atoms with E-state index in [0.717, 1.165) is 0 Å². The second-order valence-corrected chi connectivity index (χ2v) is 4.62. The average molecular weight is 287 g/mol. The van der Waals surface area contributed by atoms with Crippen LogP contribution >= 0.6 is 11.3 Å². The molecule has 0 bridgehead atoms. The van der Waals surface area contributed by atoms with Gasteiger partial charge in [0.25, 0.3) is 11.1 Å². The van der Waals surface area contributed by atoms with Gasteiger partial charge in [-0.15, -0.1) is 0 Å². The molecule has 2 aromatic heterocycles. The van der Waals surface area contributed by atoms with E-state index in [4.69, 9.17) is 4.74 Å². The van der Waals surface area contributed by atoms with E-state index in [1.54, 1.807) is 36.5 Å². The molecule has 0 aliphatic heterocycles. The van der Waals surface area contributed by atoms with E-state index >= 15 is 0 Å². The van der Waals surface area contributed by atoms with Crippen LogP contribution in [0.4, 0.5) is 5.82 Å². The molecule has 3 rings (SSSR count). The van der Waals surface area contributed by atoms with Crippen molar-refractivity contribution in [3.05, 3.63) is 53.7 Å². The van der Waals surface area contributed by atoms with E-state index in [-0.39, 0.29) is 5.91 Å². The van der Waals surface area contributed by atoms with Crippen LogP contribution in [0.15, 0.2) is 52.7 Å². The van der Waals surface area contributed by atoms with E-state index < -0.39 is 0 Å². The second kappa shape index (κ2) is 5.54. The van der Waals surface area contributed by atoms with E-state index in [0.29, 0.717) is 22.3 Å². The summed E-state index contributed by atoms with van der Waals surface area (Å²) in [5.74, 6) is 0.732. The summed E-state index contributed by atoms with van der Waals surface area (Å²) in [5, 5.41) is 8.61. The number of carbonyl (C=O) groups is 1. The molecule has 0 fully saturated rings. The van der Waals surface area contributed by atoms with E-state index in [1.807, 2.05) is 5.38 Å². The van der Waals surface area contributed by atoms with Crippen LogP contribution in [0.5, 0.6) is 10.9 Å². The first kappa shape index (κ1) is 12.4. The Morgan fingerprint density at radius 2 is 2.10 bits per heavy atom. The van der Waals surface area contributed by atoms with Crippen molar-refractivity contribution in [1.82, 2.24) is 10.1 Å². The average Bonchev–Trinajstić information content (AvgIpc) is 3.13. The van der Waals surface area contributed by atoms with Crippen LogP contribution in [-0.2, 0) is 0 Å². The number of hydrogen-bond acceptors (Lipinski definition) is 6. The molecule has 7 heteroatoms. The summed E-state index contributed by atoms with van der Waals surface area (Å²) in [4.78, 5) is 15.9. The summed E-state index contributed by atoms with van der Waals surface area (Å²) < 4.78 is 10.1. The van der Waals surface area contributed by atoms with Gasteiger partial charge in [-0.1, -0.05) is 16.5 Å². The molecule has 1 aromatic carbocycles. The molecule has 0 aliphatic carbocycles. The van der Waals surface area contributed by atoms with Gasteiger partial charge in [-0.25, -0.2) is 4.98 Å². The highest BCUT2D eigenvalue weighted by atomic mass is 32.1.